The normalized spacial score (nSPS) is 11.8. The van der Waals surface area contributed by atoms with Gasteiger partial charge in [0.25, 0.3) is 0 Å². The molecule has 4 nitrogen and oxygen atoms in total. The van der Waals surface area contributed by atoms with Crippen LogP contribution in [0, 0.1) is 0 Å². The van der Waals surface area contributed by atoms with Gasteiger partial charge in [0.05, 0.1) is 5.97 Å². The molecule has 1 atom stereocenters. The minimum atomic E-state index is -1.54. The van der Waals surface area contributed by atoms with Crippen molar-refractivity contribution in [3.63, 3.8) is 0 Å². The first-order valence-corrected chi connectivity index (χ1v) is 4.66. The first-order valence-electron chi connectivity index (χ1n) is 4.66. The van der Waals surface area contributed by atoms with Crippen molar-refractivity contribution in [1.29, 1.82) is 0 Å². The van der Waals surface area contributed by atoms with E-state index in [0.29, 0.717) is 0 Å². The number of carboxylic acids is 1. The van der Waals surface area contributed by atoms with Gasteiger partial charge in [-0.25, -0.2) is 0 Å². The average molecular weight is 242 g/mol. The molecule has 0 aliphatic rings. The Hall–Kier alpha value is -0.940. The molecule has 0 spiro atoms. The number of ether oxygens (including phenoxy) is 1. The van der Waals surface area contributed by atoms with Crippen molar-refractivity contribution in [3.05, 3.63) is 42.0 Å². The van der Waals surface area contributed by atoms with Crippen molar-refractivity contribution >= 4 is 17.8 Å². The van der Waals surface area contributed by atoms with Gasteiger partial charge in [0.1, 0.15) is 0 Å². The van der Waals surface area contributed by atoms with E-state index in [1.54, 1.807) is 12.1 Å². The number of hydrogen-bond acceptors (Lipinski definition) is 4. The zero-order valence-corrected chi connectivity index (χ0v) is 11.8. The fourth-order valence-corrected chi connectivity index (χ4v) is 1.16. The van der Waals surface area contributed by atoms with E-state index in [2.05, 4.69) is 4.74 Å². The summed E-state index contributed by atoms with van der Waals surface area (Å²) in [6, 6.07) is 9.07. The van der Waals surface area contributed by atoms with Gasteiger partial charge in [-0.1, -0.05) is 36.4 Å². The van der Waals surface area contributed by atoms with E-state index in [4.69, 9.17) is 0 Å². The molecule has 0 heterocycles. The number of methoxy groups -OCH3 is 1. The number of ketones is 1. The minimum Gasteiger partial charge on any atom is -0.547 e. The Morgan fingerprint density at radius 2 is 1.88 bits per heavy atom. The molecule has 84 valence electrons. The van der Waals surface area contributed by atoms with E-state index in [-0.39, 0.29) is 29.6 Å². The summed E-state index contributed by atoms with van der Waals surface area (Å²) in [6.45, 7) is 0. The largest absolute Gasteiger partial charge is 1.00 e. The Morgan fingerprint density at radius 3 is 2.35 bits per heavy atom. The Kier molecular flexibility index (Phi) is 7.74. The predicted molar refractivity (Wildman–Crippen MR) is 56.3 cm³/mol. The van der Waals surface area contributed by atoms with Gasteiger partial charge in [0, 0.05) is 7.11 Å². The van der Waals surface area contributed by atoms with Crippen molar-refractivity contribution in [2.45, 2.75) is 6.10 Å². The molecule has 0 aliphatic heterocycles. The second-order valence-electron chi connectivity index (χ2n) is 3.08. The molecule has 1 unspecified atom stereocenters. The molecule has 0 saturated heterocycles. The van der Waals surface area contributed by atoms with Crippen LogP contribution >= 0.6 is 0 Å². The molecular formula is C12H11NaO4. The van der Waals surface area contributed by atoms with Gasteiger partial charge in [0.2, 0.25) is 0 Å². The fraction of sp³-hybridized carbons (Fsp3) is 0.167. The summed E-state index contributed by atoms with van der Waals surface area (Å²) < 4.78 is 4.50. The number of carboxylic acid groups (broad SMARTS) is 1. The van der Waals surface area contributed by atoms with Gasteiger partial charge in [-0.2, -0.15) is 0 Å². The molecule has 0 saturated carbocycles. The Labute approximate surface area is 122 Å². The maximum absolute atomic E-state index is 11.4. The van der Waals surface area contributed by atoms with Gasteiger partial charge in [-0.05, 0) is 11.6 Å². The Morgan fingerprint density at radius 1 is 1.29 bits per heavy atom. The number of aliphatic carboxylic acids is 1. The van der Waals surface area contributed by atoms with E-state index < -0.39 is 17.9 Å². The first kappa shape index (κ1) is 16.1. The summed E-state index contributed by atoms with van der Waals surface area (Å²) in [5.41, 5.74) is 0.809. The topological polar surface area (TPSA) is 66.4 Å². The fourth-order valence-electron chi connectivity index (χ4n) is 1.16. The molecule has 5 heteroatoms. The second-order valence-corrected chi connectivity index (χ2v) is 3.08. The number of benzene rings is 1. The van der Waals surface area contributed by atoms with E-state index in [9.17, 15) is 14.7 Å². The van der Waals surface area contributed by atoms with E-state index in [1.807, 2.05) is 18.2 Å². The van der Waals surface area contributed by atoms with Gasteiger partial charge >= 0.3 is 29.6 Å². The summed E-state index contributed by atoms with van der Waals surface area (Å²) in [6.07, 6.45) is 1.15. The van der Waals surface area contributed by atoms with Crippen LogP contribution in [0.25, 0.3) is 6.08 Å². The monoisotopic (exact) mass is 242 g/mol. The third-order valence-corrected chi connectivity index (χ3v) is 1.95. The van der Waals surface area contributed by atoms with Crippen LogP contribution in [0.2, 0.25) is 0 Å². The SMILES string of the molecule is COC(C(=O)[O-])C(=O)C=Cc1ccccc1.[Na+]. The van der Waals surface area contributed by atoms with E-state index in [0.717, 1.165) is 12.7 Å². The molecule has 0 aliphatic carbocycles. The smallest absolute Gasteiger partial charge is 0.547 e. The van der Waals surface area contributed by atoms with Crippen LogP contribution in [-0.2, 0) is 14.3 Å². The third-order valence-electron chi connectivity index (χ3n) is 1.95. The van der Waals surface area contributed by atoms with Crippen LogP contribution in [0.5, 0.6) is 0 Å². The van der Waals surface area contributed by atoms with Crippen molar-refractivity contribution in [2.24, 2.45) is 0 Å². The van der Waals surface area contributed by atoms with Crippen molar-refractivity contribution in [2.75, 3.05) is 7.11 Å². The molecule has 0 bridgehead atoms. The molecule has 17 heavy (non-hydrogen) atoms. The van der Waals surface area contributed by atoms with Crippen molar-refractivity contribution in [1.82, 2.24) is 0 Å². The van der Waals surface area contributed by atoms with Crippen LogP contribution in [0.4, 0.5) is 0 Å². The average Bonchev–Trinajstić information content (AvgIpc) is 2.28. The molecule has 0 aromatic heterocycles. The molecule has 0 amide bonds. The van der Waals surface area contributed by atoms with Gasteiger partial charge < -0.3 is 14.6 Å². The minimum absolute atomic E-state index is 0. The molecule has 1 aromatic rings. The van der Waals surface area contributed by atoms with Crippen LogP contribution in [0.3, 0.4) is 0 Å². The third kappa shape index (κ3) is 5.28. The Bertz CT molecular complexity index is 400. The summed E-state index contributed by atoms with van der Waals surface area (Å²) in [5, 5.41) is 10.5. The maximum atomic E-state index is 11.4. The van der Waals surface area contributed by atoms with Crippen LogP contribution in [0.15, 0.2) is 36.4 Å². The summed E-state index contributed by atoms with van der Waals surface area (Å²) in [7, 11) is 1.15. The number of carbonyl (C=O) groups is 2. The summed E-state index contributed by atoms with van der Waals surface area (Å²) in [4.78, 5) is 21.8. The second kappa shape index (κ2) is 8.20. The first-order chi connectivity index (χ1) is 7.65. The standard InChI is InChI=1S/C12H12O4.Na/c1-16-11(12(14)15)10(13)8-7-9-5-3-2-4-6-9;/h2-8,11H,1H3,(H,14,15);/q;+1/p-1. The summed E-state index contributed by atoms with van der Waals surface area (Å²) in [5.74, 6) is -2.18. The Balaban J connectivity index is 0.00000256. The van der Waals surface area contributed by atoms with Gasteiger partial charge in [-0.3, -0.25) is 4.79 Å². The molecule has 0 N–H and O–H groups in total. The van der Waals surface area contributed by atoms with Gasteiger partial charge in [0.15, 0.2) is 11.9 Å². The van der Waals surface area contributed by atoms with Crippen LogP contribution in [-0.4, -0.2) is 25.0 Å². The quantitative estimate of drug-likeness (QED) is 0.314. The molecule has 0 radical (unpaired) electrons. The zero-order chi connectivity index (χ0) is 12.0. The molecular weight excluding hydrogens is 231 g/mol. The van der Waals surface area contributed by atoms with Crippen molar-refractivity contribution in [3.8, 4) is 0 Å². The predicted octanol–water partition coefficient (Wildman–Crippen LogP) is -2.96. The molecule has 1 aromatic carbocycles. The van der Waals surface area contributed by atoms with Crippen LogP contribution < -0.4 is 34.7 Å². The molecule has 1 rings (SSSR count). The van der Waals surface area contributed by atoms with E-state index >= 15 is 0 Å². The zero-order valence-electron chi connectivity index (χ0n) is 9.75. The number of carbonyl (C=O) groups excluding carboxylic acids is 2. The summed E-state index contributed by atoms with van der Waals surface area (Å²) >= 11 is 0. The number of hydrogen-bond donors (Lipinski definition) is 0. The van der Waals surface area contributed by atoms with Gasteiger partial charge in [-0.15, -0.1) is 0 Å². The number of rotatable bonds is 5. The van der Waals surface area contributed by atoms with Crippen molar-refractivity contribution < 1.29 is 49.0 Å². The van der Waals surface area contributed by atoms with E-state index in [1.165, 1.54) is 12.2 Å². The maximum Gasteiger partial charge on any atom is 1.00 e. The molecule has 0 fully saturated rings. The van der Waals surface area contributed by atoms with Crippen LogP contribution in [0.1, 0.15) is 5.56 Å².